The second-order valence-corrected chi connectivity index (χ2v) is 4.67. The fourth-order valence-electron chi connectivity index (χ4n) is 1.21. The van der Waals surface area contributed by atoms with Gasteiger partial charge in [-0.15, -0.1) is 0 Å². The average molecular weight is 193 g/mol. The Morgan fingerprint density at radius 1 is 1.29 bits per heavy atom. The summed E-state index contributed by atoms with van der Waals surface area (Å²) < 4.78 is 1.05. The minimum Gasteiger partial charge on any atom is -0.326 e. The van der Waals surface area contributed by atoms with Crippen LogP contribution in [0.4, 0.5) is 0 Å². The first-order valence-electron chi connectivity index (χ1n) is 5.25. The van der Waals surface area contributed by atoms with E-state index in [1.165, 1.54) is 5.69 Å². The van der Waals surface area contributed by atoms with E-state index in [0.717, 1.165) is 17.4 Å². The molecule has 0 unspecified atom stereocenters. The smallest absolute Gasteiger partial charge is 0.0840 e. The fourth-order valence-corrected chi connectivity index (χ4v) is 1.21. The van der Waals surface area contributed by atoms with Crippen molar-refractivity contribution in [2.24, 2.45) is 0 Å². The quantitative estimate of drug-likeness (QED) is 0.667. The number of rotatable bonds is 4. The molecule has 0 aliphatic rings. The van der Waals surface area contributed by atoms with Crippen molar-refractivity contribution >= 4 is 0 Å². The third kappa shape index (κ3) is 3.11. The Morgan fingerprint density at radius 3 is 2.50 bits per heavy atom. The lowest BCUT2D eigenvalue weighted by atomic mass is 10.2. The predicted molar refractivity (Wildman–Crippen MR) is 60.1 cm³/mol. The van der Waals surface area contributed by atoms with Gasteiger partial charge >= 0.3 is 0 Å². The highest BCUT2D eigenvalue weighted by Crippen LogP contribution is 2.07. The first-order valence-corrected chi connectivity index (χ1v) is 5.25. The van der Waals surface area contributed by atoms with E-state index in [1.807, 2.05) is 12.3 Å². The molecule has 0 N–H and O–H groups in total. The molecule has 1 rings (SSSR count). The van der Waals surface area contributed by atoms with Crippen molar-refractivity contribution < 1.29 is 4.48 Å². The maximum absolute atomic E-state index is 4.33. The molecule has 0 amide bonds. The van der Waals surface area contributed by atoms with Crippen LogP contribution in [0.2, 0.25) is 0 Å². The Balaban J connectivity index is 2.49. The van der Waals surface area contributed by atoms with E-state index in [9.17, 15) is 0 Å². The Hall–Kier alpha value is -0.890. The highest BCUT2D eigenvalue weighted by molar-refractivity contribution is 5.03. The number of aromatic nitrogens is 1. The van der Waals surface area contributed by atoms with Crippen molar-refractivity contribution in [2.75, 3.05) is 20.6 Å². The molecule has 2 nitrogen and oxygen atoms in total. The molecular weight excluding hydrogens is 172 g/mol. The van der Waals surface area contributed by atoms with Gasteiger partial charge in [-0.3, -0.25) is 4.98 Å². The summed E-state index contributed by atoms with van der Waals surface area (Å²) in [5, 5.41) is 0. The molecule has 0 spiro atoms. The molecule has 0 radical (unpaired) electrons. The van der Waals surface area contributed by atoms with Crippen LogP contribution < -0.4 is 0 Å². The van der Waals surface area contributed by atoms with Crippen molar-refractivity contribution in [3.63, 3.8) is 0 Å². The lowest BCUT2D eigenvalue weighted by Gasteiger charge is -2.34. The molecule has 0 aromatic carbocycles. The van der Waals surface area contributed by atoms with Crippen LogP contribution in [0.15, 0.2) is 24.4 Å². The number of quaternary nitrogens is 1. The number of nitrogens with zero attached hydrogens (tertiary/aromatic N) is 2. The van der Waals surface area contributed by atoms with Gasteiger partial charge < -0.3 is 4.48 Å². The third-order valence-electron chi connectivity index (χ3n) is 3.07. The SMILES string of the molecule is CC(C)[N+](C)(C)CCc1ccccn1. The Labute approximate surface area is 87.2 Å². The lowest BCUT2D eigenvalue weighted by Crippen LogP contribution is -2.47. The topological polar surface area (TPSA) is 12.9 Å². The Kier molecular flexibility index (Phi) is 3.64. The molecule has 0 fully saturated rings. The summed E-state index contributed by atoms with van der Waals surface area (Å²) in [5.74, 6) is 0. The predicted octanol–water partition coefficient (Wildman–Crippen LogP) is 2.11. The van der Waals surface area contributed by atoms with Crippen LogP contribution in [0.3, 0.4) is 0 Å². The van der Waals surface area contributed by atoms with Gasteiger partial charge in [0.05, 0.1) is 26.7 Å². The van der Waals surface area contributed by atoms with Crippen molar-refractivity contribution in [2.45, 2.75) is 26.3 Å². The van der Waals surface area contributed by atoms with Gasteiger partial charge in [-0.05, 0) is 26.0 Å². The molecule has 1 aromatic rings. The van der Waals surface area contributed by atoms with E-state index in [4.69, 9.17) is 0 Å². The van der Waals surface area contributed by atoms with E-state index < -0.39 is 0 Å². The molecular formula is C12H21N2+. The van der Waals surface area contributed by atoms with Crippen LogP contribution in [0.25, 0.3) is 0 Å². The van der Waals surface area contributed by atoms with Gasteiger partial charge in [0.1, 0.15) is 0 Å². The summed E-state index contributed by atoms with van der Waals surface area (Å²) in [7, 11) is 4.54. The number of hydrogen-bond donors (Lipinski definition) is 0. The van der Waals surface area contributed by atoms with Gasteiger partial charge in [0.25, 0.3) is 0 Å². The zero-order chi connectivity index (χ0) is 10.6. The van der Waals surface area contributed by atoms with Crippen LogP contribution in [-0.4, -0.2) is 36.1 Å². The minimum atomic E-state index is 0.665. The van der Waals surface area contributed by atoms with Gasteiger partial charge in [0.15, 0.2) is 0 Å². The van der Waals surface area contributed by atoms with Crippen LogP contribution in [0.1, 0.15) is 19.5 Å². The first-order chi connectivity index (χ1) is 6.52. The Bertz CT molecular complexity index is 265. The monoisotopic (exact) mass is 193 g/mol. The molecule has 0 aliphatic heterocycles. The van der Waals surface area contributed by atoms with Gasteiger partial charge in [0, 0.05) is 18.3 Å². The lowest BCUT2D eigenvalue weighted by molar-refractivity contribution is -0.910. The maximum Gasteiger partial charge on any atom is 0.0840 e. The van der Waals surface area contributed by atoms with Crippen LogP contribution in [-0.2, 0) is 6.42 Å². The van der Waals surface area contributed by atoms with Gasteiger partial charge in [-0.25, -0.2) is 0 Å². The van der Waals surface area contributed by atoms with Gasteiger partial charge in [-0.2, -0.15) is 0 Å². The molecule has 1 heterocycles. The van der Waals surface area contributed by atoms with Crippen molar-refractivity contribution in [3.8, 4) is 0 Å². The molecule has 0 atom stereocenters. The van der Waals surface area contributed by atoms with E-state index in [0.29, 0.717) is 6.04 Å². The zero-order valence-electron chi connectivity index (χ0n) is 9.70. The average Bonchev–Trinajstić information content (AvgIpc) is 2.16. The van der Waals surface area contributed by atoms with Crippen LogP contribution >= 0.6 is 0 Å². The summed E-state index contributed by atoms with van der Waals surface area (Å²) in [6.07, 6.45) is 2.93. The number of hydrogen-bond acceptors (Lipinski definition) is 1. The molecule has 1 aromatic heterocycles. The Morgan fingerprint density at radius 2 is 2.00 bits per heavy atom. The zero-order valence-corrected chi connectivity index (χ0v) is 9.70. The maximum atomic E-state index is 4.33. The van der Waals surface area contributed by atoms with Crippen molar-refractivity contribution in [1.82, 2.24) is 4.98 Å². The summed E-state index contributed by atoms with van der Waals surface area (Å²) in [5.41, 5.74) is 1.19. The molecule has 14 heavy (non-hydrogen) atoms. The summed E-state index contributed by atoms with van der Waals surface area (Å²) in [6.45, 7) is 5.67. The van der Waals surface area contributed by atoms with E-state index in [1.54, 1.807) is 0 Å². The van der Waals surface area contributed by atoms with Crippen LogP contribution in [0.5, 0.6) is 0 Å². The second-order valence-electron chi connectivity index (χ2n) is 4.67. The normalized spacial score (nSPS) is 12.1. The first kappa shape index (κ1) is 11.2. The molecule has 0 saturated heterocycles. The van der Waals surface area contributed by atoms with E-state index >= 15 is 0 Å². The molecule has 2 heteroatoms. The van der Waals surface area contributed by atoms with Crippen molar-refractivity contribution in [3.05, 3.63) is 30.1 Å². The third-order valence-corrected chi connectivity index (χ3v) is 3.07. The molecule has 0 aliphatic carbocycles. The van der Waals surface area contributed by atoms with E-state index in [-0.39, 0.29) is 0 Å². The minimum absolute atomic E-state index is 0.665. The summed E-state index contributed by atoms with van der Waals surface area (Å²) in [4.78, 5) is 4.33. The second kappa shape index (κ2) is 4.56. The van der Waals surface area contributed by atoms with Gasteiger partial charge in [0.2, 0.25) is 0 Å². The summed E-state index contributed by atoms with van der Waals surface area (Å²) in [6, 6.07) is 6.78. The van der Waals surface area contributed by atoms with E-state index in [2.05, 4.69) is 45.1 Å². The van der Waals surface area contributed by atoms with Gasteiger partial charge in [-0.1, -0.05) is 6.07 Å². The number of likely N-dealkylation sites (N-methyl/N-ethyl adjacent to an activating group) is 1. The summed E-state index contributed by atoms with van der Waals surface area (Å²) >= 11 is 0. The standard InChI is InChI=1S/C12H21N2/c1-11(2)14(3,4)10-8-12-7-5-6-9-13-12/h5-7,9,11H,8,10H2,1-4H3/q+1. The highest BCUT2D eigenvalue weighted by atomic mass is 15.3. The molecule has 0 saturated carbocycles. The highest BCUT2D eigenvalue weighted by Gasteiger charge is 2.19. The fraction of sp³-hybridized carbons (Fsp3) is 0.583. The number of pyridine rings is 1. The van der Waals surface area contributed by atoms with Crippen molar-refractivity contribution in [1.29, 1.82) is 0 Å². The van der Waals surface area contributed by atoms with Crippen LogP contribution in [0, 0.1) is 0 Å². The molecule has 78 valence electrons. The molecule has 0 bridgehead atoms. The largest absolute Gasteiger partial charge is 0.326 e.